The summed E-state index contributed by atoms with van der Waals surface area (Å²) in [5.41, 5.74) is 0.414. The Morgan fingerprint density at radius 2 is 2.35 bits per heavy atom. The molecule has 5 nitrogen and oxygen atoms in total. The van der Waals surface area contributed by atoms with Gasteiger partial charge in [0.15, 0.2) is 0 Å². The van der Waals surface area contributed by atoms with Crippen molar-refractivity contribution >= 4 is 32.5 Å². The molecule has 2 rings (SSSR count). The molecule has 2 N–H and O–H groups in total. The number of hydrogen-bond acceptors (Lipinski definition) is 3. The quantitative estimate of drug-likeness (QED) is 0.674. The Hall–Kier alpha value is -1.24. The minimum atomic E-state index is -0.186. The molecule has 0 radical (unpaired) electrons. The highest BCUT2D eigenvalue weighted by Crippen LogP contribution is 2.00. The third-order valence-corrected chi connectivity index (χ3v) is 3.21. The van der Waals surface area contributed by atoms with Crippen LogP contribution >= 0.6 is 15.9 Å². The molecule has 0 bridgehead atoms. The summed E-state index contributed by atoms with van der Waals surface area (Å²) in [5.74, 6) is -0.186. The highest BCUT2D eigenvalue weighted by Gasteiger charge is 2.15. The summed E-state index contributed by atoms with van der Waals surface area (Å²) in [5, 5.41) is 5.18. The number of pyridine rings is 1. The highest BCUT2D eigenvalue weighted by molar-refractivity contribution is 9.14. The van der Waals surface area contributed by atoms with Crippen LogP contribution in [0, 0.1) is 0 Å². The SMILES string of the molecule is CNC(=O)c1ccc2c(n1)=C(Br)C[NH+](OC)C=2. The third kappa shape index (κ3) is 2.38. The van der Waals surface area contributed by atoms with E-state index in [1.807, 2.05) is 12.3 Å². The van der Waals surface area contributed by atoms with E-state index in [-0.39, 0.29) is 5.91 Å². The molecule has 1 atom stereocenters. The van der Waals surface area contributed by atoms with Crippen molar-refractivity contribution in [2.45, 2.75) is 0 Å². The smallest absolute Gasteiger partial charge is 0.269 e. The zero-order valence-corrected chi connectivity index (χ0v) is 11.2. The zero-order chi connectivity index (χ0) is 12.4. The summed E-state index contributed by atoms with van der Waals surface area (Å²) in [6.45, 7) is 0.660. The van der Waals surface area contributed by atoms with Crippen LogP contribution in [-0.2, 0) is 4.84 Å². The minimum Gasteiger partial charge on any atom is -0.354 e. The van der Waals surface area contributed by atoms with Gasteiger partial charge in [-0.05, 0) is 28.1 Å². The number of quaternary nitrogens is 1. The lowest BCUT2D eigenvalue weighted by Crippen LogP contribution is -3.07. The van der Waals surface area contributed by atoms with Gasteiger partial charge in [-0.1, -0.05) is 0 Å². The molecule has 1 aliphatic rings. The van der Waals surface area contributed by atoms with Crippen molar-refractivity contribution in [2.24, 2.45) is 0 Å². The summed E-state index contributed by atoms with van der Waals surface area (Å²) in [7, 11) is 3.23. The molecule has 1 aromatic heterocycles. The summed E-state index contributed by atoms with van der Waals surface area (Å²) < 4.78 is 0.928. The van der Waals surface area contributed by atoms with Crippen LogP contribution in [0.3, 0.4) is 0 Å². The van der Waals surface area contributed by atoms with E-state index >= 15 is 0 Å². The van der Waals surface area contributed by atoms with Crippen molar-refractivity contribution in [1.82, 2.24) is 10.3 Å². The standard InChI is InChI=1S/C11H12BrN3O2/c1-13-11(16)9-4-3-7-5-15(17-2)6-8(12)10(7)14-9/h3-5H,6H2,1-2H3,(H,13,16)/p+1. The fraction of sp³-hybridized carbons (Fsp3) is 0.273. The van der Waals surface area contributed by atoms with Gasteiger partial charge < -0.3 is 5.32 Å². The Kier molecular flexibility index (Phi) is 3.56. The van der Waals surface area contributed by atoms with Crippen LogP contribution in [0.5, 0.6) is 0 Å². The molecule has 0 spiro atoms. The van der Waals surface area contributed by atoms with Crippen LogP contribution in [0.15, 0.2) is 12.1 Å². The first-order valence-corrected chi connectivity index (χ1v) is 5.94. The second-order valence-electron chi connectivity index (χ2n) is 3.61. The molecular formula is C11H13BrN3O2+. The number of nitrogens with one attached hydrogen (secondary N) is 2. The van der Waals surface area contributed by atoms with E-state index < -0.39 is 0 Å². The topological polar surface area (TPSA) is 55.7 Å². The van der Waals surface area contributed by atoms with Gasteiger partial charge in [0.1, 0.15) is 18.4 Å². The monoisotopic (exact) mass is 298 g/mol. The predicted octanol–water partition coefficient (Wildman–Crippen LogP) is -1.86. The Balaban J connectivity index is 2.57. The van der Waals surface area contributed by atoms with E-state index in [0.717, 1.165) is 20.1 Å². The molecule has 1 aliphatic heterocycles. The van der Waals surface area contributed by atoms with Crippen LogP contribution in [0.25, 0.3) is 10.7 Å². The van der Waals surface area contributed by atoms with E-state index in [9.17, 15) is 4.79 Å². The molecule has 0 saturated heterocycles. The van der Waals surface area contributed by atoms with Crippen LogP contribution in [0.4, 0.5) is 0 Å². The zero-order valence-electron chi connectivity index (χ0n) is 9.58. The molecule has 0 saturated carbocycles. The predicted molar refractivity (Wildman–Crippen MR) is 66.5 cm³/mol. The van der Waals surface area contributed by atoms with Crippen LogP contribution in [0.1, 0.15) is 10.5 Å². The molecule has 2 heterocycles. The first-order valence-electron chi connectivity index (χ1n) is 5.15. The lowest BCUT2D eigenvalue weighted by atomic mass is 10.2. The van der Waals surface area contributed by atoms with Crippen molar-refractivity contribution in [1.29, 1.82) is 0 Å². The number of rotatable bonds is 2. The van der Waals surface area contributed by atoms with Crippen LogP contribution in [-0.4, -0.2) is 31.6 Å². The van der Waals surface area contributed by atoms with E-state index in [1.54, 1.807) is 20.2 Å². The Morgan fingerprint density at radius 1 is 1.59 bits per heavy atom. The number of nitrogens with zero attached hydrogens (tertiary/aromatic N) is 1. The number of halogens is 1. The molecule has 6 heteroatoms. The summed E-state index contributed by atoms with van der Waals surface area (Å²) in [6.07, 6.45) is 1.93. The lowest BCUT2D eigenvalue weighted by molar-refractivity contribution is -1.02. The number of hydrogen-bond donors (Lipinski definition) is 2. The van der Waals surface area contributed by atoms with E-state index in [4.69, 9.17) is 4.84 Å². The van der Waals surface area contributed by atoms with E-state index in [1.165, 1.54) is 0 Å². The molecule has 1 aromatic rings. The minimum absolute atomic E-state index is 0.186. The fourth-order valence-electron chi connectivity index (χ4n) is 1.65. The molecular weight excluding hydrogens is 286 g/mol. The Bertz CT molecular complexity index is 571. The van der Waals surface area contributed by atoms with Gasteiger partial charge in [0.05, 0.1) is 22.2 Å². The van der Waals surface area contributed by atoms with Gasteiger partial charge in [0.2, 0.25) is 0 Å². The van der Waals surface area contributed by atoms with Gasteiger partial charge in [-0.25, -0.2) is 9.82 Å². The second-order valence-corrected chi connectivity index (χ2v) is 4.57. The summed E-state index contributed by atoms with van der Waals surface area (Å²) in [6, 6.07) is 3.57. The van der Waals surface area contributed by atoms with Gasteiger partial charge in [0.25, 0.3) is 5.91 Å². The summed E-state index contributed by atoms with van der Waals surface area (Å²) >= 11 is 3.48. The third-order valence-electron chi connectivity index (χ3n) is 2.55. The second kappa shape index (κ2) is 4.95. The number of fused-ring (bicyclic) bond motifs is 1. The molecule has 1 amide bonds. The fourth-order valence-corrected chi connectivity index (χ4v) is 2.24. The number of carbonyl (C=O) groups excluding carboxylic acids is 1. The van der Waals surface area contributed by atoms with Gasteiger partial charge in [0, 0.05) is 7.05 Å². The van der Waals surface area contributed by atoms with Crippen molar-refractivity contribution in [3.63, 3.8) is 0 Å². The first kappa shape index (κ1) is 12.2. The van der Waals surface area contributed by atoms with E-state index in [0.29, 0.717) is 12.2 Å². The van der Waals surface area contributed by atoms with Gasteiger partial charge in [-0.3, -0.25) is 4.79 Å². The molecule has 0 aliphatic carbocycles. The largest absolute Gasteiger partial charge is 0.354 e. The number of aromatic nitrogens is 1. The highest BCUT2D eigenvalue weighted by atomic mass is 79.9. The molecule has 1 unspecified atom stereocenters. The average molecular weight is 299 g/mol. The Morgan fingerprint density at radius 3 is 3.00 bits per heavy atom. The Labute approximate surface area is 107 Å². The average Bonchev–Trinajstić information content (AvgIpc) is 2.37. The van der Waals surface area contributed by atoms with E-state index in [2.05, 4.69) is 26.2 Å². The molecule has 17 heavy (non-hydrogen) atoms. The van der Waals surface area contributed by atoms with Crippen molar-refractivity contribution in [3.05, 3.63) is 28.4 Å². The van der Waals surface area contributed by atoms with Crippen LogP contribution < -0.4 is 20.9 Å². The van der Waals surface area contributed by atoms with Crippen molar-refractivity contribution < 1.29 is 14.7 Å². The molecule has 0 aromatic carbocycles. The first-order chi connectivity index (χ1) is 8.15. The van der Waals surface area contributed by atoms with Gasteiger partial charge in [-0.2, -0.15) is 5.06 Å². The normalized spacial score (nSPS) is 18.3. The van der Waals surface area contributed by atoms with Gasteiger partial charge in [-0.15, -0.1) is 0 Å². The van der Waals surface area contributed by atoms with Crippen molar-refractivity contribution in [3.8, 4) is 0 Å². The maximum atomic E-state index is 11.5. The maximum absolute atomic E-state index is 11.5. The summed E-state index contributed by atoms with van der Waals surface area (Å²) in [4.78, 5) is 21.0. The maximum Gasteiger partial charge on any atom is 0.269 e. The van der Waals surface area contributed by atoms with Crippen molar-refractivity contribution in [2.75, 3.05) is 20.7 Å². The number of hydroxylamine groups is 2. The molecule has 0 fully saturated rings. The molecule has 90 valence electrons. The van der Waals surface area contributed by atoms with Crippen LogP contribution in [0.2, 0.25) is 0 Å². The van der Waals surface area contributed by atoms with Gasteiger partial charge >= 0.3 is 0 Å². The number of carbonyl (C=O) groups is 1. The number of amides is 1. The lowest BCUT2D eigenvalue weighted by Gasteiger charge is -2.13.